The predicted molar refractivity (Wildman–Crippen MR) is 87.8 cm³/mol. The van der Waals surface area contributed by atoms with Crippen molar-refractivity contribution in [1.82, 2.24) is 5.32 Å². The minimum absolute atomic E-state index is 0.205. The highest BCUT2D eigenvalue weighted by atomic mass is 16.5. The zero-order valence-electron chi connectivity index (χ0n) is 13.8. The first kappa shape index (κ1) is 17.0. The summed E-state index contributed by atoms with van der Waals surface area (Å²) in [7, 11) is 0. The number of unbranched alkanes of at least 4 members (excludes halogenated alkanes) is 2. The van der Waals surface area contributed by atoms with Crippen LogP contribution in [0.5, 0.6) is 5.75 Å². The van der Waals surface area contributed by atoms with Crippen molar-refractivity contribution < 1.29 is 4.74 Å². The van der Waals surface area contributed by atoms with Crippen LogP contribution in [-0.4, -0.2) is 19.2 Å². The smallest absolute Gasteiger partial charge is 0.123 e. The van der Waals surface area contributed by atoms with Crippen molar-refractivity contribution in [1.29, 1.82) is 0 Å². The monoisotopic (exact) mass is 277 g/mol. The number of aryl methyl sites for hydroxylation is 1. The maximum absolute atomic E-state index is 6.13. The van der Waals surface area contributed by atoms with E-state index in [2.05, 4.69) is 58.1 Å². The Kier molecular flexibility index (Phi) is 7.68. The molecule has 1 aromatic carbocycles. The average molecular weight is 277 g/mol. The van der Waals surface area contributed by atoms with E-state index in [4.69, 9.17) is 4.74 Å². The van der Waals surface area contributed by atoms with Gasteiger partial charge in [0.05, 0.1) is 0 Å². The van der Waals surface area contributed by atoms with Crippen LogP contribution in [-0.2, 0) is 0 Å². The Hall–Kier alpha value is -1.02. The third kappa shape index (κ3) is 5.96. The molecule has 0 spiro atoms. The topological polar surface area (TPSA) is 21.3 Å². The molecule has 0 aliphatic heterocycles. The molecule has 1 N–H and O–H groups in total. The molecule has 1 aromatic rings. The fourth-order valence-corrected chi connectivity index (χ4v) is 2.28. The molecule has 1 rings (SSSR count). The summed E-state index contributed by atoms with van der Waals surface area (Å²) in [5.74, 6) is 1.54. The highest BCUT2D eigenvalue weighted by Crippen LogP contribution is 2.28. The van der Waals surface area contributed by atoms with E-state index >= 15 is 0 Å². The van der Waals surface area contributed by atoms with Crippen LogP contribution >= 0.6 is 0 Å². The molecule has 0 heterocycles. The number of ether oxygens (including phenoxy) is 1. The second-order valence-corrected chi connectivity index (χ2v) is 6.04. The van der Waals surface area contributed by atoms with Crippen LogP contribution in [0.1, 0.15) is 64.0 Å². The third-order valence-corrected chi connectivity index (χ3v) is 3.51. The van der Waals surface area contributed by atoms with Crippen LogP contribution in [0, 0.1) is 6.92 Å². The molecule has 2 nitrogen and oxygen atoms in total. The van der Waals surface area contributed by atoms with E-state index in [0.717, 1.165) is 18.8 Å². The molecule has 114 valence electrons. The molecular weight excluding hydrogens is 246 g/mol. The van der Waals surface area contributed by atoms with Crippen LogP contribution in [0.25, 0.3) is 0 Å². The molecule has 1 atom stereocenters. The summed E-state index contributed by atoms with van der Waals surface area (Å²) in [6.45, 7) is 12.9. The highest BCUT2D eigenvalue weighted by Gasteiger charge is 2.11. The zero-order chi connectivity index (χ0) is 15.0. The summed E-state index contributed by atoms with van der Waals surface area (Å²) < 4.78 is 6.13. The van der Waals surface area contributed by atoms with Gasteiger partial charge >= 0.3 is 0 Å². The number of hydrogen-bond acceptors (Lipinski definition) is 2. The molecular formula is C18H31NO. The molecule has 0 aromatic heterocycles. The van der Waals surface area contributed by atoms with Crippen molar-refractivity contribution in [2.75, 3.05) is 13.1 Å². The number of benzene rings is 1. The molecule has 0 aliphatic rings. The fourth-order valence-electron chi connectivity index (χ4n) is 2.28. The molecule has 0 aliphatic carbocycles. The summed E-state index contributed by atoms with van der Waals surface area (Å²) in [5, 5.41) is 3.48. The van der Waals surface area contributed by atoms with E-state index in [-0.39, 0.29) is 6.10 Å². The molecule has 0 fully saturated rings. The summed E-state index contributed by atoms with van der Waals surface area (Å²) in [5.41, 5.74) is 2.56. The average Bonchev–Trinajstić information content (AvgIpc) is 2.38. The van der Waals surface area contributed by atoms with Crippen LogP contribution in [0.3, 0.4) is 0 Å². The Labute approximate surface area is 124 Å². The first-order valence-electron chi connectivity index (χ1n) is 8.02. The normalized spacial score (nSPS) is 12.7. The van der Waals surface area contributed by atoms with Crippen LogP contribution in [0.2, 0.25) is 0 Å². The number of rotatable bonds is 9. The number of nitrogens with one attached hydrogen (secondary N) is 1. The molecule has 0 saturated carbocycles. The van der Waals surface area contributed by atoms with Gasteiger partial charge in [0, 0.05) is 6.54 Å². The minimum Gasteiger partial charge on any atom is -0.489 e. The molecule has 20 heavy (non-hydrogen) atoms. The third-order valence-electron chi connectivity index (χ3n) is 3.51. The van der Waals surface area contributed by atoms with E-state index < -0.39 is 0 Å². The van der Waals surface area contributed by atoms with Gasteiger partial charge in [0.25, 0.3) is 0 Å². The Morgan fingerprint density at radius 1 is 1.15 bits per heavy atom. The lowest BCUT2D eigenvalue weighted by Crippen LogP contribution is -2.29. The van der Waals surface area contributed by atoms with Gasteiger partial charge in [-0.25, -0.2) is 0 Å². The van der Waals surface area contributed by atoms with Crippen molar-refractivity contribution in [3.8, 4) is 5.75 Å². The highest BCUT2D eigenvalue weighted by molar-refractivity contribution is 5.39. The second kappa shape index (κ2) is 9.02. The standard InChI is InChI=1S/C18H31NO/c1-6-7-8-11-19-13-16(5)20-18-12-15(4)9-10-17(18)14(2)3/h9-10,12,14,16,19H,6-8,11,13H2,1-5H3. The van der Waals surface area contributed by atoms with Crippen LogP contribution < -0.4 is 10.1 Å². The van der Waals surface area contributed by atoms with Gasteiger partial charge in [0.15, 0.2) is 0 Å². The fraction of sp³-hybridized carbons (Fsp3) is 0.667. The van der Waals surface area contributed by atoms with Gasteiger partial charge in [-0.1, -0.05) is 45.7 Å². The lowest BCUT2D eigenvalue weighted by atomic mass is 10.0. The van der Waals surface area contributed by atoms with Gasteiger partial charge in [-0.05, 0) is 49.9 Å². The van der Waals surface area contributed by atoms with Gasteiger partial charge in [-0.15, -0.1) is 0 Å². The Morgan fingerprint density at radius 2 is 1.90 bits per heavy atom. The summed E-state index contributed by atoms with van der Waals surface area (Å²) in [6.07, 6.45) is 4.04. The molecule has 0 saturated heterocycles. The van der Waals surface area contributed by atoms with Gasteiger partial charge in [-0.2, -0.15) is 0 Å². The minimum atomic E-state index is 0.205. The molecule has 0 radical (unpaired) electrons. The lowest BCUT2D eigenvalue weighted by Gasteiger charge is -2.20. The predicted octanol–water partition coefficient (Wildman–Crippen LogP) is 4.67. The molecule has 1 unspecified atom stereocenters. The molecule has 0 bridgehead atoms. The van der Waals surface area contributed by atoms with E-state index in [1.54, 1.807) is 0 Å². The summed E-state index contributed by atoms with van der Waals surface area (Å²) >= 11 is 0. The van der Waals surface area contributed by atoms with E-state index in [1.807, 2.05) is 0 Å². The van der Waals surface area contributed by atoms with Gasteiger partial charge in [-0.3, -0.25) is 0 Å². The first-order chi connectivity index (χ1) is 9.54. The largest absolute Gasteiger partial charge is 0.489 e. The van der Waals surface area contributed by atoms with Crippen LogP contribution in [0.15, 0.2) is 18.2 Å². The van der Waals surface area contributed by atoms with Gasteiger partial charge in [0.1, 0.15) is 11.9 Å². The van der Waals surface area contributed by atoms with Crippen molar-refractivity contribution >= 4 is 0 Å². The van der Waals surface area contributed by atoms with Crippen molar-refractivity contribution in [3.63, 3.8) is 0 Å². The number of hydrogen-bond donors (Lipinski definition) is 1. The zero-order valence-corrected chi connectivity index (χ0v) is 13.8. The van der Waals surface area contributed by atoms with Crippen molar-refractivity contribution in [2.24, 2.45) is 0 Å². The Bertz CT molecular complexity index is 387. The first-order valence-corrected chi connectivity index (χ1v) is 8.02. The summed E-state index contributed by atoms with van der Waals surface area (Å²) in [6, 6.07) is 6.51. The van der Waals surface area contributed by atoms with E-state index in [1.165, 1.54) is 30.4 Å². The van der Waals surface area contributed by atoms with Gasteiger partial charge < -0.3 is 10.1 Å². The Morgan fingerprint density at radius 3 is 2.55 bits per heavy atom. The Balaban J connectivity index is 2.48. The molecule has 2 heteroatoms. The maximum atomic E-state index is 6.13. The SMILES string of the molecule is CCCCCNCC(C)Oc1cc(C)ccc1C(C)C. The van der Waals surface area contributed by atoms with E-state index in [0.29, 0.717) is 5.92 Å². The maximum Gasteiger partial charge on any atom is 0.123 e. The molecule has 0 amide bonds. The van der Waals surface area contributed by atoms with E-state index in [9.17, 15) is 0 Å². The quantitative estimate of drug-likeness (QED) is 0.663. The van der Waals surface area contributed by atoms with Crippen molar-refractivity contribution in [2.45, 2.75) is 65.9 Å². The van der Waals surface area contributed by atoms with Gasteiger partial charge in [0.2, 0.25) is 0 Å². The lowest BCUT2D eigenvalue weighted by molar-refractivity contribution is 0.214. The van der Waals surface area contributed by atoms with Crippen LogP contribution in [0.4, 0.5) is 0 Å². The summed E-state index contributed by atoms with van der Waals surface area (Å²) in [4.78, 5) is 0. The second-order valence-electron chi connectivity index (χ2n) is 6.04. The van der Waals surface area contributed by atoms with Crippen molar-refractivity contribution in [3.05, 3.63) is 29.3 Å².